The van der Waals surface area contributed by atoms with E-state index in [4.69, 9.17) is 16.3 Å². The molecule has 2 aliphatic rings. The first kappa shape index (κ1) is 24.3. The summed E-state index contributed by atoms with van der Waals surface area (Å²) in [4.78, 5) is 26.7. The second-order valence-electron chi connectivity index (χ2n) is 9.22. The van der Waals surface area contributed by atoms with Gasteiger partial charge in [0, 0.05) is 49.9 Å². The van der Waals surface area contributed by atoms with Crippen LogP contribution in [-0.2, 0) is 0 Å². The number of ether oxygens (including phenoxy) is 1. The van der Waals surface area contributed by atoms with E-state index in [0.29, 0.717) is 11.6 Å². The van der Waals surface area contributed by atoms with Crippen LogP contribution in [0.25, 0.3) is 0 Å². The lowest BCUT2D eigenvalue weighted by Gasteiger charge is -2.38. The zero-order valence-electron chi connectivity index (χ0n) is 19.3. The summed E-state index contributed by atoms with van der Waals surface area (Å²) in [6, 6.07) is 9.83. The van der Waals surface area contributed by atoms with Gasteiger partial charge in [-0.05, 0) is 68.4 Å². The van der Waals surface area contributed by atoms with Gasteiger partial charge < -0.3 is 19.6 Å². The Morgan fingerprint density at radius 3 is 2.44 bits per heavy atom. The number of nitrogens with zero attached hydrogens (tertiary/aromatic N) is 3. The van der Waals surface area contributed by atoms with E-state index in [1.165, 1.54) is 6.07 Å². The second-order valence-corrected chi connectivity index (χ2v) is 9.66. The lowest BCUT2D eigenvalue weighted by molar-refractivity contribution is -0.384. The molecule has 2 saturated heterocycles. The van der Waals surface area contributed by atoms with E-state index in [1.54, 1.807) is 6.07 Å². The van der Waals surface area contributed by atoms with Crippen LogP contribution in [0.5, 0.6) is 5.75 Å². The van der Waals surface area contributed by atoms with Crippen LogP contribution in [0.3, 0.4) is 0 Å². The van der Waals surface area contributed by atoms with E-state index in [1.807, 2.05) is 30.0 Å². The Kier molecular flexibility index (Phi) is 7.58. The molecule has 2 heterocycles. The van der Waals surface area contributed by atoms with Crippen molar-refractivity contribution in [3.05, 3.63) is 62.7 Å². The molecular weight excluding hydrogens is 458 g/mol. The minimum Gasteiger partial charge on any atom is -0.490 e. The maximum atomic E-state index is 11.7. The highest BCUT2D eigenvalue weighted by Crippen LogP contribution is 2.31. The van der Waals surface area contributed by atoms with Crippen LogP contribution in [0, 0.1) is 23.0 Å². The van der Waals surface area contributed by atoms with Gasteiger partial charge in [-0.1, -0.05) is 11.6 Å². The average molecular weight is 488 g/mol. The molecule has 2 aromatic carbocycles. The summed E-state index contributed by atoms with van der Waals surface area (Å²) in [5.41, 5.74) is 1.41. The summed E-state index contributed by atoms with van der Waals surface area (Å²) >= 11 is 6.04. The number of likely N-dealkylation sites (tertiary alicyclic amines) is 1. The Balaban J connectivity index is 1.26. The fourth-order valence-corrected chi connectivity index (χ4v) is 5.17. The monoisotopic (exact) mass is 487 g/mol. The number of benzene rings is 2. The maximum Gasteiger partial charge on any atom is 0.338 e. The first-order chi connectivity index (χ1) is 16.3. The standard InChI is InChI=1S/C25H30ClN3O5/c1-17-14-19(26)2-5-24(17)34-21-8-10-27(11-9-21)16-18-6-12-28(13-7-18)23-4-3-20(29(32)33)15-22(23)25(30)31/h2-5,14-15,18,21H,6-13,16H2,1H3,(H,30,31). The molecule has 0 amide bonds. The van der Waals surface area contributed by atoms with Crippen molar-refractivity contribution in [1.29, 1.82) is 0 Å². The first-order valence-electron chi connectivity index (χ1n) is 11.7. The summed E-state index contributed by atoms with van der Waals surface area (Å²) in [6.45, 7) is 6.55. The van der Waals surface area contributed by atoms with Crippen LogP contribution in [0.1, 0.15) is 41.6 Å². The van der Waals surface area contributed by atoms with E-state index < -0.39 is 10.9 Å². The molecule has 0 atom stereocenters. The zero-order chi connectivity index (χ0) is 24.2. The van der Waals surface area contributed by atoms with Gasteiger partial charge in [0.2, 0.25) is 0 Å². The van der Waals surface area contributed by atoms with Crippen molar-refractivity contribution < 1.29 is 19.6 Å². The predicted molar refractivity (Wildman–Crippen MR) is 131 cm³/mol. The fourth-order valence-electron chi connectivity index (χ4n) is 4.94. The molecule has 182 valence electrons. The molecule has 0 aromatic heterocycles. The number of anilines is 1. The Hall–Kier alpha value is -2.84. The van der Waals surface area contributed by atoms with E-state index in [0.717, 1.165) is 80.8 Å². The van der Waals surface area contributed by atoms with Gasteiger partial charge in [-0.15, -0.1) is 0 Å². The number of nitro groups is 1. The quantitative estimate of drug-likeness (QED) is 0.433. The zero-order valence-corrected chi connectivity index (χ0v) is 20.0. The number of aromatic carboxylic acids is 1. The Morgan fingerprint density at radius 2 is 1.82 bits per heavy atom. The number of hydrogen-bond acceptors (Lipinski definition) is 6. The number of aryl methyl sites for hydroxylation is 1. The number of piperidine rings is 2. The Morgan fingerprint density at radius 1 is 1.12 bits per heavy atom. The summed E-state index contributed by atoms with van der Waals surface area (Å²) in [5, 5.41) is 21.3. The van der Waals surface area contributed by atoms with E-state index >= 15 is 0 Å². The molecule has 0 radical (unpaired) electrons. The normalized spacial score (nSPS) is 18.1. The summed E-state index contributed by atoms with van der Waals surface area (Å²) in [5.74, 6) is 0.320. The van der Waals surface area contributed by atoms with Crippen molar-refractivity contribution in [2.45, 2.75) is 38.7 Å². The van der Waals surface area contributed by atoms with E-state index in [-0.39, 0.29) is 17.4 Å². The van der Waals surface area contributed by atoms with Crippen LogP contribution >= 0.6 is 11.6 Å². The number of non-ortho nitro benzene ring substituents is 1. The summed E-state index contributed by atoms with van der Waals surface area (Å²) < 4.78 is 6.21. The molecule has 9 heteroatoms. The number of rotatable bonds is 7. The topological polar surface area (TPSA) is 96.1 Å². The predicted octanol–water partition coefficient (Wildman–Crippen LogP) is 5.01. The smallest absolute Gasteiger partial charge is 0.338 e. The third-order valence-corrected chi connectivity index (χ3v) is 7.09. The van der Waals surface area contributed by atoms with Crippen LogP contribution in [0.2, 0.25) is 5.02 Å². The minimum absolute atomic E-state index is 0.00866. The lowest BCUT2D eigenvalue weighted by atomic mass is 9.94. The Bertz CT molecular complexity index is 1050. The van der Waals surface area contributed by atoms with Gasteiger partial charge in [-0.25, -0.2) is 4.79 Å². The molecule has 0 bridgehead atoms. The molecule has 0 unspecified atom stereocenters. The third-order valence-electron chi connectivity index (χ3n) is 6.86. The van der Waals surface area contributed by atoms with Gasteiger partial charge in [0.25, 0.3) is 5.69 Å². The number of carboxylic acids is 1. The van der Waals surface area contributed by atoms with Crippen LogP contribution in [0.4, 0.5) is 11.4 Å². The highest BCUT2D eigenvalue weighted by molar-refractivity contribution is 6.30. The second kappa shape index (κ2) is 10.6. The van der Waals surface area contributed by atoms with Crippen LogP contribution in [-0.4, -0.2) is 59.7 Å². The van der Waals surface area contributed by atoms with Crippen molar-refractivity contribution in [3.63, 3.8) is 0 Å². The molecule has 4 rings (SSSR count). The maximum absolute atomic E-state index is 11.7. The molecule has 2 fully saturated rings. The summed E-state index contributed by atoms with van der Waals surface area (Å²) in [7, 11) is 0. The van der Waals surface area contributed by atoms with Gasteiger partial charge in [-0.2, -0.15) is 0 Å². The number of halogens is 1. The largest absolute Gasteiger partial charge is 0.490 e. The molecular formula is C25H30ClN3O5. The molecule has 0 saturated carbocycles. The van der Waals surface area contributed by atoms with Gasteiger partial charge in [-0.3, -0.25) is 10.1 Å². The SMILES string of the molecule is Cc1cc(Cl)ccc1OC1CCN(CC2CCN(c3ccc([N+](=O)[O-])cc3C(=O)O)CC2)CC1. The van der Waals surface area contributed by atoms with E-state index in [2.05, 4.69) is 4.90 Å². The molecule has 34 heavy (non-hydrogen) atoms. The third kappa shape index (κ3) is 5.80. The molecule has 0 spiro atoms. The number of carbonyl (C=O) groups is 1. The van der Waals surface area contributed by atoms with Gasteiger partial charge in [0.05, 0.1) is 16.2 Å². The van der Waals surface area contributed by atoms with Crippen molar-refractivity contribution in [2.24, 2.45) is 5.92 Å². The molecule has 8 nitrogen and oxygen atoms in total. The van der Waals surface area contributed by atoms with Crippen molar-refractivity contribution in [1.82, 2.24) is 4.90 Å². The van der Waals surface area contributed by atoms with Crippen molar-refractivity contribution in [2.75, 3.05) is 37.6 Å². The molecule has 0 aliphatic carbocycles. The Labute approximate surface area is 204 Å². The number of hydrogen-bond donors (Lipinski definition) is 1. The van der Waals surface area contributed by atoms with E-state index in [9.17, 15) is 20.0 Å². The van der Waals surface area contributed by atoms with Crippen LogP contribution < -0.4 is 9.64 Å². The summed E-state index contributed by atoms with van der Waals surface area (Å²) in [6.07, 6.45) is 4.14. The number of carboxylic acid groups (broad SMARTS) is 1. The first-order valence-corrected chi connectivity index (χ1v) is 12.1. The van der Waals surface area contributed by atoms with Crippen molar-refractivity contribution >= 4 is 28.9 Å². The van der Waals surface area contributed by atoms with Gasteiger partial charge in [0.15, 0.2) is 0 Å². The molecule has 1 N–H and O–H groups in total. The van der Waals surface area contributed by atoms with Gasteiger partial charge >= 0.3 is 5.97 Å². The van der Waals surface area contributed by atoms with Gasteiger partial charge in [0.1, 0.15) is 11.9 Å². The molecule has 2 aliphatic heterocycles. The average Bonchev–Trinajstić information content (AvgIpc) is 2.82. The minimum atomic E-state index is -1.14. The fraction of sp³-hybridized carbons (Fsp3) is 0.480. The number of nitro benzene ring substituents is 1. The van der Waals surface area contributed by atoms with Crippen molar-refractivity contribution in [3.8, 4) is 5.75 Å². The lowest BCUT2D eigenvalue weighted by Crippen LogP contribution is -2.43. The highest BCUT2D eigenvalue weighted by Gasteiger charge is 2.27. The highest BCUT2D eigenvalue weighted by atomic mass is 35.5. The molecule has 2 aromatic rings. The van der Waals surface area contributed by atoms with Crippen LogP contribution in [0.15, 0.2) is 36.4 Å².